The second-order valence-electron chi connectivity index (χ2n) is 7.05. The topological polar surface area (TPSA) is 96.2 Å². The Balaban J connectivity index is 2.55. The van der Waals surface area contributed by atoms with Crippen LogP contribution in [0.3, 0.4) is 0 Å². The molecule has 0 atom stereocenters. The molecule has 0 spiro atoms. The molecule has 2 rings (SSSR count). The summed E-state index contributed by atoms with van der Waals surface area (Å²) in [5, 5.41) is 15.0. The van der Waals surface area contributed by atoms with Gasteiger partial charge in [0.2, 0.25) is 5.24 Å². The molecule has 0 saturated carbocycles. The number of anilines is 1. The molecule has 168 valence electrons. The Morgan fingerprint density at radius 3 is 2.55 bits per heavy atom. The number of carbonyl (C=O) groups excluding carboxylic acids is 2. The number of allylic oxidation sites excluding steroid dienone is 1. The molecule has 1 aromatic carbocycles. The van der Waals surface area contributed by atoms with E-state index < -0.39 is 5.24 Å². The molecule has 0 aliphatic heterocycles. The van der Waals surface area contributed by atoms with Crippen LogP contribution in [0, 0.1) is 0 Å². The summed E-state index contributed by atoms with van der Waals surface area (Å²) < 4.78 is 1.80. The van der Waals surface area contributed by atoms with Crippen LogP contribution in [0.2, 0.25) is 5.02 Å². The summed E-state index contributed by atoms with van der Waals surface area (Å²) >= 11 is 11.6. The smallest absolute Gasteiger partial charge is 0.271 e. The fourth-order valence-electron chi connectivity index (χ4n) is 3.18. The first-order valence-electron chi connectivity index (χ1n) is 10.2. The van der Waals surface area contributed by atoms with Gasteiger partial charge in [0, 0.05) is 38.2 Å². The number of nitrogens with one attached hydrogen (secondary N) is 2. The number of benzene rings is 1. The van der Waals surface area contributed by atoms with Gasteiger partial charge in [0.25, 0.3) is 5.91 Å². The van der Waals surface area contributed by atoms with E-state index in [2.05, 4.69) is 15.6 Å². The Kier molecular flexibility index (Phi) is 10.0. The van der Waals surface area contributed by atoms with E-state index >= 15 is 0 Å². The largest absolute Gasteiger partial charge is 0.396 e. The Hall–Kier alpha value is -2.35. The van der Waals surface area contributed by atoms with Crippen molar-refractivity contribution in [2.24, 2.45) is 0 Å². The van der Waals surface area contributed by atoms with Crippen molar-refractivity contribution in [3.63, 3.8) is 0 Å². The maximum absolute atomic E-state index is 13.0. The SMILES string of the molecule is CCC/C(=C\c1nc(NC)c(C(=O)NCCCO)n1Cc1ccc(Cl)cc1)CC(=O)Cl. The number of halogens is 2. The van der Waals surface area contributed by atoms with Gasteiger partial charge in [0.1, 0.15) is 5.82 Å². The van der Waals surface area contributed by atoms with Crippen LogP contribution in [-0.2, 0) is 11.3 Å². The van der Waals surface area contributed by atoms with E-state index in [1.807, 2.05) is 25.1 Å². The van der Waals surface area contributed by atoms with Crippen molar-refractivity contribution in [3.05, 3.63) is 51.9 Å². The molecular weight excluding hydrogens is 439 g/mol. The maximum atomic E-state index is 13.0. The van der Waals surface area contributed by atoms with Gasteiger partial charge in [-0.15, -0.1) is 0 Å². The molecule has 7 nitrogen and oxygen atoms in total. The molecule has 1 heterocycles. The molecule has 0 unspecified atom stereocenters. The van der Waals surface area contributed by atoms with Crippen LogP contribution in [-0.4, -0.2) is 46.0 Å². The third-order valence-electron chi connectivity index (χ3n) is 4.59. The first-order valence-corrected chi connectivity index (χ1v) is 10.9. The Morgan fingerprint density at radius 2 is 1.97 bits per heavy atom. The molecule has 1 aromatic heterocycles. The average molecular weight is 467 g/mol. The van der Waals surface area contributed by atoms with Gasteiger partial charge >= 0.3 is 0 Å². The highest BCUT2D eigenvalue weighted by atomic mass is 35.5. The second kappa shape index (κ2) is 12.5. The number of amides is 1. The summed E-state index contributed by atoms with van der Waals surface area (Å²) in [7, 11) is 1.70. The summed E-state index contributed by atoms with van der Waals surface area (Å²) in [6, 6.07) is 7.35. The van der Waals surface area contributed by atoms with Crippen LogP contribution in [0.5, 0.6) is 0 Å². The van der Waals surface area contributed by atoms with E-state index in [0.29, 0.717) is 48.3 Å². The van der Waals surface area contributed by atoms with Crippen molar-refractivity contribution in [3.8, 4) is 0 Å². The quantitative estimate of drug-likeness (QED) is 0.323. The average Bonchev–Trinajstić information content (AvgIpc) is 3.06. The van der Waals surface area contributed by atoms with Crippen molar-refractivity contribution in [2.75, 3.05) is 25.5 Å². The van der Waals surface area contributed by atoms with Gasteiger partial charge in [0.05, 0.1) is 0 Å². The number of aliphatic hydroxyl groups excluding tert-OH is 1. The lowest BCUT2D eigenvalue weighted by Gasteiger charge is -2.13. The fourth-order valence-corrected chi connectivity index (χ4v) is 3.47. The van der Waals surface area contributed by atoms with E-state index in [0.717, 1.165) is 17.6 Å². The lowest BCUT2D eigenvalue weighted by Crippen LogP contribution is -2.28. The third-order valence-corrected chi connectivity index (χ3v) is 4.98. The molecule has 0 aliphatic rings. The second-order valence-corrected chi connectivity index (χ2v) is 7.91. The van der Waals surface area contributed by atoms with Gasteiger partial charge in [-0.2, -0.15) is 0 Å². The molecule has 0 fully saturated rings. The number of aromatic nitrogens is 2. The molecule has 31 heavy (non-hydrogen) atoms. The highest BCUT2D eigenvalue weighted by Gasteiger charge is 2.22. The van der Waals surface area contributed by atoms with E-state index in [9.17, 15) is 9.59 Å². The first kappa shape index (κ1) is 24.9. The summed E-state index contributed by atoms with van der Waals surface area (Å²) in [5.41, 5.74) is 2.16. The summed E-state index contributed by atoms with van der Waals surface area (Å²) in [4.78, 5) is 29.1. The number of imidazole rings is 1. The Morgan fingerprint density at radius 1 is 1.26 bits per heavy atom. The van der Waals surface area contributed by atoms with E-state index in [1.165, 1.54) is 0 Å². The van der Waals surface area contributed by atoms with Crippen LogP contribution in [0.15, 0.2) is 29.8 Å². The highest BCUT2D eigenvalue weighted by Crippen LogP contribution is 2.24. The molecule has 3 N–H and O–H groups in total. The lowest BCUT2D eigenvalue weighted by atomic mass is 10.1. The number of carbonyl (C=O) groups is 2. The van der Waals surface area contributed by atoms with Gasteiger partial charge in [-0.3, -0.25) is 9.59 Å². The third kappa shape index (κ3) is 7.38. The van der Waals surface area contributed by atoms with E-state index in [1.54, 1.807) is 23.7 Å². The minimum Gasteiger partial charge on any atom is -0.396 e. The number of hydrogen-bond acceptors (Lipinski definition) is 5. The van der Waals surface area contributed by atoms with E-state index in [-0.39, 0.29) is 18.9 Å². The number of aliphatic hydroxyl groups is 1. The molecule has 0 bridgehead atoms. The first-order chi connectivity index (χ1) is 14.9. The van der Waals surface area contributed by atoms with Crippen LogP contribution in [0.25, 0.3) is 6.08 Å². The monoisotopic (exact) mass is 466 g/mol. The normalized spacial score (nSPS) is 11.5. The van der Waals surface area contributed by atoms with Crippen molar-refractivity contribution in [2.45, 2.75) is 39.2 Å². The summed E-state index contributed by atoms with van der Waals surface area (Å²) in [5.74, 6) is 0.673. The maximum Gasteiger partial charge on any atom is 0.271 e. The van der Waals surface area contributed by atoms with Crippen LogP contribution in [0.4, 0.5) is 5.82 Å². The van der Waals surface area contributed by atoms with Crippen LogP contribution >= 0.6 is 23.2 Å². The van der Waals surface area contributed by atoms with E-state index in [4.69, 9.17) is 28.3 Å². The Bertz CT molecular complexity index is 924. The zero-order valence-electron chi connectivity index (χ0n) is 17.8. The van der Waals surface area contributed by atoms with Gasteiger partial charge in [-0.25, -0.2) is 4.98 Å². The molecule has 0 aliphatic carbocycles. The van der Waals surface area contributed by atoms with Crippen molar-refractivity contribution >= 4 is 46.2 Å². The predicted molar refractivity (Wildman–Crippen MR) is 125 cm³/mol. The zero-order valence-corrected chi connectivity index (χ0v) is 19.3. The van der Waals surface area contributed by atoms with Gasteiger partial charge < -0.3 is 20.3 Å². The molecule has 0 radical (unpaired) electrons. The molecule has 1 amide bonds. The molecular formula is C22H28Cl2N4O3. The highest BCUT2D eigenvalue weighted by molar-refractivity contribution is 6.63. The summed E-state index contributed by atoms with van der Waals surface area (Å²) in [6.45, 7) is 2.74. The van der Waals surface area contributed by atoms with Gasteiger partial charge in [-0.1, -0.05) is 42.7 Å². The van der Waals surface area contributed by atoms with Crippen molar-refractivity contribution in [1.29, 1.82) is 0 Å². The lowest BCUT2D eigenvalue weighted by molar-refractivity contribution is -0.111. The molecule has 9 heteroatoms. The summed E-state index contributed by atoms with van der Waals surface area (Å²) in [6.07, 6.45) is 3.94. The number of rotatable bonds is 12. The standard InChI is InChI=1S/C22H28Cl2N4O3/c1-3-5-16(12-18(24)30)13-19-27-21(25-2)20(22(31)26-10-4-11-29)28(19)14-15-6-8-17(23)9-7-15/h6-9,13,25,29H,3-5,10-12,14H2,1-2H3,(H,26,31)/b16-13+. The van der Waals surface area contributed by atoms with Crippen LogP contribution < -0.4 is 10.6 Å². The molecule has 2 aromatic rings. The fraction of sp³-hybridized carbons (Fsp3) is 0.409. The molecule has 0 saturated heterocycles. The number of nitrogens with zero attached hydrogens (tertiary/aromatic N) is 2. The van der Waals surface area contributed by atoms with Gasteiger partial charge in [-0.05, 0) is 48.2 Å². The van der Waals surface area contributed by atoms with Gasteiger partial charge in [0.15, 0.2) is 11.5 Å². The predicted octanol–water partition coefficient (Wildman–Crippen LogP) is 4.08. The zero-order chi connectivity index (χ0) is 22.8. The number of hydrogen-bond donors (Lipinski definition) is 3. The Labute approximate surface area is 192 Å². The van der Waals surface area contributed by atoms with Crippen molar-refractivity contribution < 1.29 is 14.7 Å². The van der Waals surface area contributed by atoms with Crippen molar-refractivity contribution in [1.82, 2.24) is 14.9 Å². The minimum absolute atomic E-state index is 0.00990. The minimum atomic E-state index is -0.439. The van der Waals surface area contributed by atoms with Crippen LogP contribution in [0.1, 0.15) is 54.5 Å².